The quantitative estimate of drug-likeness (QED) is 0.345. The lowest BCUT2D eigenvalue weighted by molar-refractivity contribution is 0.146. The third-order valence-electron chi connectivity index (χ3n) is 5.36. The van der Waals surface area contributed by atoms with Gasteiger partial charge in [0.1, 0.15) is 17.3 Å². The number of aromatic nitrogens is 3. The van der Waals surface area contributed by atoms with Crippen LogP contribution in [0, 0.1) is 18.2 Å². The molecule has 5 nitrogen and oxygen atoms in total. The molecule has 1 aliphatic rings. The number of alkyl halides is 4. The van der Waals surface area contributed by atoms with Gasteiger partial charge in [0.25, 0.3) is 6.43 Å². The number of aryl methyl sites for hydroxylation is 1. The fraction of sp³-hybridized carbons (Fsp3) is 0.520. The van der Waals surface area contributed by atoms with E-state index in [1.54, 1.807) is 6.07 Å². The minimum Gasteiger partial charge on any atom is -0.347 e. The molecule has 1 atom stereocenters. The van der Waals surface area contributed by atoms with Gasteiger partial charge in [-0.2, -0.15) is 0 Å². The van der Waals surface area contributed by atoms with Crippen LogP contribution in [0.1, 0.15) is 64.0 Å². The summed E-state index contributed by atoms with van der Waals surface area (Å²) in [6, 6.07) is 2.97. The van der Waals surface area contributed by atoms with E-state index in [1.165, 1.54) is 19.2 Å². The molecule has 1 N–H and O–H groups in total. The fourth-order valence-corrected chi connectivity index (χ4v) is 4.88. The summed E-state index contributed by atoms with van der Waals surface area (Å²) in [5.74, 6) is -0.413. The van der Waals surface area contributed by atoms with Gasteiger partial charge in [-0.15, -0.1) is 0 Å². The van der Waals surface area contributed by atoms with Crippen LogP contribution < -0.4 is 4.72 Å². The zero-order valence-electron chi connectivity index (χ0n) is 20.9. The number of rotatable bonds is 7. The molecule has 1 unspecified atom stereocenters. The Morgan fingerprint density at radius 3 is 2.36 bits per heavy atom. The van der Waals surface area contributed by atoms with Crippen LogP contribution in [0.2, 0.25) is 0 Å². The van der Waals surface area contributed by atoms with Crippen molar-refractivity contribution in [3.05, 3.63) is 47.4 Å². The van der Waals surface area contributed by atoms with Gasteiger partial charge in [0.05, 0.1) is 11.0 Å². The molecule has 1 aliphatic carbocycles. The molecule has 1 saturated carbocycles. The summed E-state index contributed by atoms with van der Waals surface area (Å²) in [7, 11) is -1.12. The fourth-order valence-electron chi connectivity index (χ4n) is 3.78. The Labute approximate surface area is 210 Å². The number of nitrogens with one attached hydrogen (secondary N) is 1. The van der Waals surface area contributed by atoms with Crippen LogP contribution >= 0.6 is 0 Å². The van der Waals surface area contributed by atoms with Crippen molar-refractivity contribution in [2.45, 2.75) is 78.7 Å². The van der Waals surface area contributed by atoms with Gasteiger partial charge in [-0.25, -0.2) is 40.9 Å². The second kappa shape index (κ2) is 11.3. The smallest absolute Gasteiger partial charge is 0.281 e. The maximum absolute atomic E-state index is 15.2. The van der Waals surface area contributed by atoms with Crippen LogP contribution in [0.25, 0.3) is 22.0 Å². The number of benzene rings is 1. The van der Waals surface area contributed by atoms with E-state index in [0.29, 0.717) is 18.5 Å². The zero-order valence-corrected chi connectivity index (χ0v) is 21.7. The van der Waals surface area contributed by atoms with Crippen LogP contribution in [0.4, 0.5) is 22.0 Å². The van der Waals surface area contributed by atoms with Crippen molar-refractivity contribution in [2.24, 2.45) is 5.41 Å². The van der Waals surface area contributed by atoms with Crippen LogP contribution in [-0.2, 0) is 24.1 Å². The van der Waals surface area contributed by atoms with E-state index >= 15 is 4.39 Å². The van der Waals surface area contributed by atoms with Gasteiger partial charge in [-0.3, -0.25) is 0 Å². The van der Waals surface area contributed by atoms with Crippen molar-refractivity contribution >= 4 is 21.9 Å². The lowest BCUT2D eigenvalue weighted by atomic mass is 9.96. The molecule has 1 aromatic carbocycles. The van der Waals surface area contributed by atoms with Gasteiger partial charge in [0.2, 0.25) is 6.43 Å². The summed E-state index contributed by atoms with van der Waals surface area (Å²) in [6.07, 6.45) is 0.0749. The summed E-state index contributed by atoms with van der Waals surface area (Å²) in [5, 5.41) is 0.859. The number of halogens is 5. The molecule has 0 aliphatic heterocycles. The van der Waals surface area contributed by atoms with Crippen molar-refractivity contribution in [1.82, 2.24) is 19.3 Å². The summed E-state index contributed by atoms with van der Waals surface area (Å²) in [6.45, 7) is 9.61. The zero-order chi connectivity index (χ0) is 26.8. The predicted octanol–water partition coefficient (Wildman–Crippen LogP) is 6.72. The summed E-state index contributed by atoms with van der Waals surface area (Å²) < 4.78 is 80.4. The second-order valence-electron chi connectivity index (χ2n) is 10.0. The Morgan fingerprint density at radius 2 is 1.81 bits per heavy atom. The third-order valence-corrected chi connectivity index (χ3v) is 6.87. The third kappa shape index (κ3) is 7.32. The molecule has 11 heteroatoms. The topological polar surface area (TPSA) is 59.8 Å². The standard InChI is InChI=1S/C23H27F3N4OS.C2H4F2/c1-13-27-10-18(21(29-13)22(25)26)17-8-20-16(7-19(17)24)14(9-28-32(31)15-5-6-15)11-30(20)12-23(2,3)4;1-2(3)4/h7-8,10-11,15,22,28H,5-6,9,12H2,1-4H3;2H,1H3. The molecule has 1 fully saturated rings. The molecule has 198 valence electrons. The maximum Gasteiger partial charge on any atom is 0.281 e. The van der Waals surface area contributed by atoms with Gasteiger partial charge in [-0.1, -0.05) is 20.8 Å². The first kappa shape index (κ1) is 28.2. The van der Waals surface area contributed by atoms with E-state index in [0.717, 1.165) is 30.8 Å². The monoisotopic (exact) mass is 530 g/mol. The molecule has 0 bridgehead atoms. The molecular formula is C25H31F5N4OS. The van der Waals surface area contributed by atoms with Crippen molar-refractivity contribution in [3.8, 4) is 11.1 Å². The van der Waals surface area contributed by atoms with Crippen molar-refractivity contribution in [3.63, 3.8) is 0 Å². The first-order chi connectivity index (χ1) is 16.8. The van der Waals surface area contributed by atoms with E-state index in [2.05, 4.69) is 35.5 Å². The number of nitrogens with zero attached hydrogens (tertiary/aromatic N) is 3. The average molecular weight is 531 g/mol. The van der Waals surface area contributed by atoms with Crippen molar-refractivity contribution in [1.29, 1.82) is 0 Å². The molecule has 2 heterocycles. The molecular weight excluding hydrogens is 499 g/mol. The average Bonchev–Trinajstić information content (AvgIpc) is 3.55. The molecule has 2 aromatic heterocycles. The summed E-state index contributed by atoms with van der Waals surface area (Å²) >= 11 is 0. The van der Waals surface area contributed by atoms with Crippen LogP contribution in [0.15, 0.2) is 24.5 Å². The molecule has 0 saturated heterocycles. The normalized spacial score (nSPS) is 14.9. The van der Waals surface area contributed by atoms with Crippen LogP contribution in [0.3, 0.4) is 0 Å². The molecule has 36 heavy (non-hydrogen) atoms. The number of hydrogen-bond acceptors (Lipinski definition) is 3. The molecule has 0 spiro atoms. The van der Waals surface area contributed by atoms with Gasteiger partial charge in [0, 0.05) is 52.8 Å². The first-order valence-electron chi connectivity index (χ1n) is 11.6. The highest BCUT2D eigenvalue weighted by atomic mass is 32.2. The minimum atomic E-state index is -2.85. The van der Waals surface area contributed by atoms with Gasteiger partial charge < -0.3 is 4.57 Å². The van der Waals surface area contributed by atoms with E-state index in [4.69, 9.17) is 0 Å². The Hall–Kier alpha value is -2.40. The largest absolute Gasteiger partial charge is 0.347 e. The summed E-state index contributed by atoms with van der Waals surface area (Å²) in [4.78, 5) is 7.87. The van der Waals surface area contributed by atoms with Crippen LogP contribution in [-0.4, -0.2) is 30.4 Å². The lowest BCUT2D eigenvalue weighted by Gasteiger charge is -2.20. The highest BCUT2D eigenvalue weighted by Crippen LogP contribution is 2.36. The molecule has 3 aromatic rings. The first-order valence-corrected chi connectivity index (χ1v) is 12.8. The van der Waals surface area contributed by atoms with Crippen molar-refractivity contribution < 1.29 is 26.2 Å². The van der Waals surface area contributed by atoms with E-state index in [-0.39, 0.29) is 27.6 Å². The van der Waals surface area contributed by atoms with E-state index < -0.39 is 35.3 Å². The maximum atomic E-state index is 15.2. The predicted molar refractivity (Wildman–Crippen MR) is 132 cm³/mol. The SMILES string of the molecule is CC(F)F.Cc1ncc(-c2cc3c(cc2F)c(CNS(=O)C2CC2)cn3CC(C)(C)C)c(C(F)F)n1. The second-order valence-corrected chi connectivity index (χ2v) is 11.6. The van der Waals surface area contributed by atoms with Gasteiger partial charge >= 0.3 is 0 Å². The summed E-state index contributed by atoms with van der Waals surface area (Å²) in [5.41, 5.74) is 1.03. The Kier molecular flexibility index (Phi) is 8.87. The van der Waals surface area contributed by atoms with Gasteiger partial charge in [0.15, 0.2) is 0 Å². The van der Waals surface area contributed by atoms with E-state index in [1.807, 2.05) is 10.8 Å². The Balaban J connectivity index is 0.000000840. The van der Waals surface area contributed by atoms with Gasteiger partial charge in [-0.05, 0) is 49.8 Å². The van der Waals surface area contributed by atoms with Crippen LogP contribution in [0.5, 0.6) is 0 Å². The van der Waals surface area contributed by atoms with Crippen molar-refractivity contribution in [2.75, 3.05) is 0 Å². The number of hydrogen-bond donors (Lipinski definition) is 1. The Bertz CT molecular complexity index is 1230. The van der Waals surface area contributed by atoms with E-state index in [9.17, 15) is 21.8 Å². The molecule has 4 rings (SSSR count). The minimum absolute atomic E-state index is 0.0111. The number of fused-ring (bicyclic) bond motifs is 1. The Morgan fingerprint density at radius 1 is 1.17 bits per heavy atom. The highest BCUT2D eigenvalue weighted by molar-refractivity contribution is 7.83. The molecule has 0 amide bonds. The lowest BCUT2D eigenvalue weighted by Crippen LogP contribution is -2.19. The highest BCUT2D eigenvalue weighted by Gasteiger charge is 2.28. The molecule has 0 radical (unpaired) electrons.